The summed E-state index contributed by atoms with van der Waals surface area (Å²) in [5.74, 6) is 0.166. The summed E-state index contributed by atoms with van der Waals surface area (Å²) in [5.41, 5.74) is 1.44. The summed E-state index contributed by atoms with van der Waals surface area (Å²) in [4.78, 5) is 28.6. The first-order valence-corrected chi connectivity index (χ1v) is 7.98. The van der Waals surface area contributed by atoms with Gasteiger partial charge in [0.05, 0.1) is 17.8 Å². The molecule has 2 fully saturated rings. The molecule has 7 nitrogen and oxygen atoms in total. The molecule has 2 N–H and O–H groups in total. The zero-order chi connectivity index (χ0) is 15.5. The van der Waals surface area contributed by atoms with Crippen molar-refractivity contribution in [1.29, 1.82) is 0 Å². The first-order chi connectivity index (χ1) is 10.7. The van der Waals surface area contributed by atoms with Gasteiger partial charge in [-0.15, -0.1) is 0 Å². The van der Waals surface area contributed by atoms with E-state index >= 15 is 0 Å². The molecule has 22 heavy (non-hydrogen) atoms. The van der Waals surface area contributed by atoms with E-state index in [4.69, 9.17) is 0 Å². The number of rotatable bonds is 2. The van der Waals surface area contributed by atoms with Crippen molar-refractivity contribution in [3.8, 4) is 0 Å². The summed E-state index contributed by atoms with van der Waals surface area (Å²) >= 11 is 0. The van der Waals surface area contributed by atoms with E-state index in [1.165, 1.54) is 0 Å². The fourth-order valence-electron chi connectivity index (χ4n) is 3.24. The number of carbonyl (C=O) groups excluding carboxylic acids is 2. The van der Waals surface area contributed by atoms with E-state index in [0.29, 0.717) is 18.7 Å². The molecule has 0 bridgehead atoms. The van der Waals surface area contributed by atoms with Crippen LogP contribution in [-0.2, 0) is 4.79 Å². The highest BCUT2D eigenvalue weighted by atomic mass is 16.2. The van der Waals surface area contributed by atoms with Crippen molar-refractivity contribution in [3.63, 3.8) is 0 Å². The molecule has 1 aromatic rings. The second-order valence-electron chi connectivity index (χ2n) is 6.04. The Morgan fingerprint density at radius 3 is 2.73 bits per heavy atom. The van der Waals surface area contributed by atoms with Gasteiger partial charge in [-0.25, -0.2) is 0 Å². The van der Waals surface area contributed by atoms with Crippen LogP contribution >= 0.6 is 0 Å². The number of aryl methyl sites for hydroxylation is 1. The van der Waals surface area contributed by atoms with Crippen LogP contribution < -0.4 is 5.32 Å². The van der Waals surface area contributed by atoms with Crippen molar-refractivity contribution in [2.45, 2.75) is 32.2 Å². The maximum absolute atomic E-state index is 12.5. The summed E-state index contributed by atoms with van der Waals surface area (Å²) in [7, 11) is 0. The van der Waals surface area contributed by atoms with Crippen molar-refractivity contribution in [1.82, 2.24) is 25.3 Å². The number of amides is 2. The minimum atomic E-state index is -0.0320. The molecule has 1 aromatic heterocycles. The molecule has 0 spiro atoms. The van der Waals surface area contributed by atoms with Crippen molar-refractivity contribution in [2.75, 3.05) is 32.7 Å². The third kappa shape index (κ3) is 2.99. The fraction of sp³-hybridized carbons (Fsp3) is 0.667. The topological polar surface area (TPSA) is 81.3 Å². The summed E-state index contributed by atoms with van der Waals surface area (Å²) in [6, 6.07) is -0.0320. The maximum Gasteiger partial charge on any atom is 0.257 e. The van der Waals surface area contributed by atoms with Crippen LogP contribution in [0.5, 0.6) is 0 Å². The predicted octanol–water partition coefficient (Wildman–Crippen LogP) is 0.145. The maximum atomic E-state index is 12.5. The quantitative estimate of drug-likeness (QED) is 0.815. The number of hydrogen-bond donors (Lipinski definition) is 2. The van der Waals surface area contributed by atoms with Crippen LogP contribution in [0.2, 0.25) is 0 Å². The lowest BCUT2D eigenvalue weighted by Crippen LogP contribution is -2.55. The number of carbonyl (C=O) groups is 2. The SMILES string of the molecule is Cc1[nH]ncc1C(=O)N1CCN(C2CCCCNC2=O)CC1. The molecule has 3 heterocycles. The molecular formula is C15H23N5O2. The van der Waals surface area contributed by atoms with E-state index < -0.39 is 0 Å². The summed E-state index contributed by atoms with van der Waals surface area (Å²) in [5, 5.41) is 9.69. The molecule has 2 amide bonds. The Labute approximate surface area is 130 Å². The van der Waals surface area contributed by atoms with Gasteiger partial charge in [-0.05, 0) is 26.2 Å². The number of piperazine rings is 1. The Morgan fingerprint density at radius 2 is 2.05 bits per heavy atom. The normalized spacial score (nSPS) is 24.0. The van der Waals surface area contributed by atoms with Gasteiger partial charge in [0, 0.05) is 38.4 Å². The smallest absolute Gasteiger partial charge is 0.257 e. The number of hydrogen-bond acceptors (Lipinski definition) is 4. The molecule has 2 saturated heterocycles. The Hall–Kier alpha value is -1.89. The zero-order valence-corrected chi connectivity index (χ0v) is 13.0. The third-order valence-electron chi connectivity index (χ3n) is 4.61. The van der Waals surface area contributed by atoms with E-state index in [9.17, 15) is 9.59 Å². The van der Waals surface area contributed by atoms with Crippen LogP contribution in [0.25, 0.3) is 0 Å². The lowest BCUT2D eigenvalue weighted by atomic mass is 10.1. The second kappa shape index (κ2) is 6.48. The highest BCUT2D eigenvalue weighted by molar-refractivity contribution is 5.95. The summed E-state index contributed by atoms with van der Waals surface area (Å²) < 4.78 is 0. The van der Waals surface area contributed by atoms with Crippen LogP contribution in [0.1, 0.15) is 35.3 Å². The van der Waals surface area contributed by atoms with Gasteiger partial charge in [-0.2, -0.15) is 5.10 Å². The van der Waals surface area contributed by atoms with Crippen LogP contribution in [0.4, 0.5) is 0 Å². The van der Waals surface area contributed by atoms with Crippen LogP contribution in [0.3, 0.4) is 0 Å². The molecule has 120 valence electrons. The van der Waals surface area contributed by atoms with Crippen molar-refractivity contribution < 1.29 is 9.59 Å². The van der Waals surface area contributed by atoms with Crippen molar-refractivity contribution in [3.05, 3.63) is 17.5 Å². The molecule has 0 aliphatic carbocycles. The number of nitrogens with one attached hydrogen (secondary N) is 2. The van der Waals surface area contributed by atoms with Crippen LogP contribution in [0.15, 0.2) is 6.20 Å². The molecule has 0 aromatic carbocycles. The van der Waals surface area contributed by atoms with E-state index in [2.05, 4.69) is 20.4 Å². The summed E-state index contributed by atoms with van der Waals surface area (Å²) in [6.45, 7) is 5.46. The average molecular weight is 305 g/mol. The van der Waals surface area contributed by atoms with Crippen LogP contribution in [-0.4, -0.2) is 70.6 Å². The number of nitrogens with zero attached hydrogens (tertiary/aromatic N) is 3. The van der Waals surface area contributed by atoms with E-state index in [1.807, 2.05) is 11.8 Å². The molecule has 0 radical (unpaired) electrons. The van der Waals surface area contributed by atoms with Crippen molar-refractivity contribution >= 4 is 11.8 Å². The lowest BCUT2D eigenvalue weighted by molar-refractivity contribution is -0.126. The third-order valence-corrected chi connectivity index (χ3v) is 4.61. The van der Waals surface area contributed by atoms with Gasteiger partial charge in [0.25, 0.3) is 5.91 Å². The fourth-order valence-corrected chi connectivity index (χ4v) is 3.24. The Kier molecular flexibility index (Phi) is 4.42. The first-order valence-electron chi connectivity index (χ1n) is 7.98. The molecule has 7 heteroatoms. The molecule has 1 atom stereocenters. The van der Waals surface area contributed by atoms with Gasteiger partial charge in [0.1, 0.15) is 0 Å². The standard InChI is InChI=1S/C15H23N5O2/c1-11-12(10-17-18-11)15(22)20-8-6-19(7-9-20)13-4-2-3-5-16-14(13)21/h10,13H,2-9H2,1H3,(H,16,21)(H,17,18). The van der Waals surface area contributed by atoms with Gasteiger partial charge in [0.2, 0.25) is 5.91 Å². The van der Waals surface area contributed by atoms with E-state index in [0.717, 1.165) is 44.6 Å². The Bertz CT molecular complexity index is 548. The lowest BCUT2D eigenvalue weighted by Gasteiger charge is -2.38. The van der Waals surface area contributed by atoms with Crippen molar-refractivity contribution in [2.24, 2.45) is 0 Å². The first kappa shape index (κ1) is 15.0. The highest BCUT2D eigenvalue weighted by Crippen LogP contribution is 2.16. The Morgan fingerprint density at radius 1 is 1.27 bits per heavy atom. The molecule has 2 aliphatic rings. The number of aromatic nitrogens is 2. The number of H-pyrrole nitrogens is 1. The highest BCUT2D eigenvalue weighted by Gasteiger charge is 2.31. The second-order valence-corrected chi connectivity index (χ2v) is 6.04. The van der Waals surface area contributed by atoms with E-state index in [1.54, 1.807) is 6.20 Å². The minimum Gasteiger partial charge on any atom is -0.355 e. The average Bonchev–Trinajstić information content (AvgIpc) is 2.84. The van der Waals surface area contributed by atoms with Gasteiger partial charge >= 0.3 is 0 Å². The molecule has 2 aliphatic heterocycles. The monoisotopic (exact) mass is 305 g/mol. The van der Waals surface area contributed by atoms with Gasteiger partial charge in [-0.3, -0.25) is 19.6 Å². The van der Waals surface area contributed by atoms with Gasteiger partial charge in [-0.1, -0.05) is 0 Å². The molecule has 1 unspecified atom stereocenters. The zero-order valence-electron chi connectivity index (χ0n) is 13.0. The largest absolute Gasteiger partial charge is 0.355 e. The van der Waals surface area contributed by atoms with Gasteiger partial charge in [0.15, 0.2) is 0 Å². The molecular weight excluding hydrogens is 282 g/mol. The number of aromatic amines is 1. The van der Waals surface area contributed by atoms with Crippen LogP contribution in [0, 0.1) is 6.92 Å². The van der Waals surface area contributed by atoms with Gasteiger partial charge < -0.3 is 10.2 Å². The molecule has 0 saturated carbocycles. The minimum absolute atomic E-state index is 0.0243. The Balaban J connectivity index is 1.59. The summed E-state index contributed by atoms with van der Waals surface area (Å²) in [6.07, 6.45) is 4.64. The predicted molar refractivity (Wildman–Crippen MR) is 81.4 cm³/mol. The molecule has 3 rings (SSSR count). The van der Waals surface area contributed by atoms with E-state index in [-0.39, 0.29) is 17.9 Å².